The fourth-order valence-corrected chi connectivity index (χ4v) is 2.11. The number of rotatable bonds is 5. The molecule has 1 aliphatic rings. The van der Waals surface area contributed by atoms with Crippen LogP contribution in [-0.2, 0) is 0 Å². The van der Waals surface area contributed by atoms with E-state index in [0.29, 0.717) is 6.04 Å². The van der Waals surface area contributed by atoms with E-state index in [1.807, 2.05) is 20.0 Å². The Morgan fingerprint density at radius 2 is 2.12 bits per heavy atom. The van der Waals surface area contributed by atoms with Crippen molar-refractivity contribution in [2.75, 3.05) is 18.0 Å². The van der Waals surface area contributed by atoms with Crippen molar-refractivity contribution in [1.29, 1.82) is 0 Å². The molecule has 2 rings (SSSR count). The van der Waals surface area contributed by atoms with Crippen LogP contribution < -0.4 is 10.6 Å². The highest BCUT2D eigenvalue weighted by Gasteiger charge is 2.25. The highest BCUT2D eigenvalue weighted by Crippen LogP contribution is 2.28. The molecule has 0 atom stereocenters. The Morgan fingerprint density at radius 3 is 2.65 bits per heavy atom. The molecular weight excluding hydrogens is 212 g/mol. The predicted octanol–water partition coefficient (Wildman–Crippen LogP) is 1.80. The standard InChI is InChI=1S/C13H22N4/c1-10-11(2)16-13(9-15-10)17(8-4-7-14)12-5-3-6-12/h9,12H,3-8,14H2,1-2H3. The molecule has 0 aromatic carbocycles. The van der Waals surface area contributed by atoms with Crippen LogP contribution in [0.5, 0.6) is 0 Å². The number of aromatic nitrogens is 2. The van der Waals surface area contributed by atoms with E-state index in [9.17, 15) is 0 Å². The second-order valence-corrected chi connectivity index (χ2v) is 4.82. The number of nitrogens with two attached hydrogens (primary N) is 1. The third kappa shape index (κ3) is 2.75. The van der Waals surface area contributed by atoms with E-state index in [4.69, 9.17) is 5.73 Å². The highest BCUT2D eigenvalue weighted by molar-refractivity contribution is 5.39. The summed E-state index contributed by atoms with van der Waals surface area (Å²) in [6.45, 7) is 5.76. The molecular formula is C13H22N4. The van der Waals surface area contributed by atoms with Gasteiger partial charge in [-0.3, -0.25) is 4.98 Å². The molecule has 4 nitrogen and oxygen atoms in total. The summed E-state index contributed by atoms with van der Waals surface area (Å²) in [7, 11) is 0. The average molecular weight is 234 g/mol. The molecule has 17 heavy (non-hydrogen) atoms. The highest BCUT2D eigenvalue weighted by atomic mass is 15.2. The van der Waals surface area contributed by atoms with E-state index in [1.54, 1.807) is 0 Å². The van der Waals surface area contributed by atoms with Crippen LogP contribution in [0.4, 0.5) is 5.82 Å². The molecule has 2 N–H and O–H groups in total. The van der Waals surface area contributed by atoms with Gasteiger partial charge in [0.05, 0.1) is 17.6 Å². The van der Waals surface area contributed by atoms with E-state index in [-0.39, 0.29) is 0 Å². The van der Waals surface area contributed by atoms with Gasteiger partial charge in [0.2, 0.25) is 0 Å². The van der Waals surface area contributed by atoms with E-state index in [2.05, 4.69) is 14.9 Å². The molecule has 94 valence electrons. The van der Waals surface area contributed by atoms with E-state index in [0.717, 1.165) is 36.7 Å². The minimum Gasteiger partial charge on any atom is -0.352 e. The summed E-state index contributed by atoms with van der Waals surface area (Å²) >= 11 is 0. The summed E-state index contributed by atoms with van der Waals surface area (Å²) in [6.07, 6.45) is 6.81. The van der Waals surface area contributed by atoms with Crippen LogP contribution in [0.3, 0.4) is 0 Å². The van der Waals surface area contributed by atoms with Crippen molar-refractivity contribution in [2.45, 2.75) is 45.6 Å². The van der Waals surface area contributed by atoms with Crippen molar-refractivity contribution >= 4 is 5.82 Å². The van der Waals surface area contributed by atoms with Crippen LogP contribution >= 0.6 is 0 Å². The van der Waals surface area contributed by atoms with Gasteiger partial charge in [-0.25, -0.2) is 4.98 Å². The summed E-state index contributed by atoms with van der Waals surface area (Å²) in [6, 6.07) is 0.651. The molecule has 1 saturated carbocycles. The van der Waals surface area contributed by atoms with Gasteiger partial charge in [0.25, 0.3) is 0 Å². The SMILES string of the molecule is Cc1ncc(N(CCCN)C2CCC2)nc1C. The molecule has 1 heterocycles. The first-order chi connectivity index (χ1) is 8.22. The van der Waals surface area contributed by atoms with Gasteiger partial charge >= 0.3 is 0 Å². The maximum atomic E-state index is 5.61. The lowest BCUT2D eigenvalue weighted by Gasteiger charge is -2.38. The van der Waals surface area contributed by atoms with Gasteiger partial charge < -0.3 is 10.6 Å². The van der Waals surface area contributed by atoms with Gasteiger partial charge in [-0.1, -0.05) is 0 Å². The van der Waals surface area contributed by atoms with Crippen LogP contribution in [-0.4, -0.2) is 29.1 Å². The molecule has 1 aromatic rings. The first-order valence-electron chi connectivity index (χ1n) is 6.49. The largest absolute Gasteiger partial charge is 0.352 e. The minimum atomic E-state index is 0.651. The third-order valence-electron chi connectivity index (χ3n) is 3.59. The Kier molecular flexibility index (Phi) is 3.94. The second-order valence-electron chi connectivity index (χ2n) is 4.82. The summed E-state index contributed by atoms with van der Waals surface area (Å²) in [5.74, 6) is 1.02. The lowest BCUT2D eigenvalue weighted by Crippen LogP contribution is -2.42. The van der Waals surface area contributed by atoms with Crippen molar-refractivity contribution in [3.05, 3.63) is 17.6 Å². The van der Waals surface area contributed by atoms with Crippen molar-refractivity contribution < 1.29 is 0 Å². The maximum Gasteiger partial charge on any atom is 0.147 e. The zero-order valence-corrected chi connectivity index (χ0v) is 10.8. The number of nitrogens with zero attached hydrogens (tertiary/aromatic N) is 3. The van der Waals surface area contributed by atoms with Gasteiger partial charge in [0, 0.05) is 12.6 Å². The van der Waals surface area contributed by atoms with Crippen LogP contribution in [0.15, 0.2) is 6.20 Å². The van der Waals surface area contributed by atoms with Crippen LogP contribution in [0.2, 0.25) is 0 Å². The van der Waals surface area contributed by atoms with Crippen LogP contribution in [0, 0.1) is 13.8 Å². The fraction of sp³-hybridized carbons (Fsp3) is 0.692. The molecule has 0 bridgehead atoms. The molecule has 1 fully saturated rings. The first kappa shape index (κ1) is 12.3. The summed E-state index contributed by atoms with van der Waals surface area (Å²) in [5.41, 5.74) is 7.65. The Morgan fingerprint density at radius 1 is 1.35 bits per heavy atom. The first-order valence-corrected chi connectivity index (χ1v) is 6.49. The number of anilines is 1. The molecule has 0 saturated heterocycles. The third-order valence-corrected chi connectivity index (χ3v) is 3.59. The normalized spacial score (nSPS) is 15.7. The number of hydrogen-bond acceptors (Lipinski definition) is 4. The molecule has 0 unspecified atom stereocenters. The summed E-state index contributed by atoms with van der Waals surface area (Å²) in [5, 5.41) is 0. The van der Waals surface area contributed by atoms with Crippen molar-refractivity contribution in [3.63, 3.8) is 0 Å². The second kappa shape index (κ2) is 5.45. The van der Waals surface area contributed by atoms with Crippen molar-refractivity contribution in [2.24, 2.45) is 5.73 Å². The molecule has 0 radical (unpaired) electrons. The average Bonchev–Trinajstić information content (AvgIpc) is 2.25. The van der Waals surface area contributed by atoms with E-state index in [1.165, 1.54) is 19.3 Å². The van der Waals surface area contributed by atoms with Gasteiger partial charge in [-0.05, 0) is 46.1 Å². The van der Waals surface area contributed by atoms with Gasteiger partial charge in [0.1, 0.15) is 5.82 Å². The summed E-state index contributed by atoms with van der Waals surface area (Å²) in [4.78, 5) is 11.4. The minimum absolute atomic E-state index is 0.651. The fourth-order valence-electron chi connectivity index (χ4n) is 2.11. The lowest BCUT2D eigenvalue weighted by molar-refractivity contribution is 0.382. The molecule has 0 spiro atoms. The number of aryl methyl sites for hydroxylation is 2. The van der Waals surface area contributed by atoms with Gasteiger partial charge in [-0.15, -0.1) is 0 Å². The Hall–Kier alpha value is -1.16. The monoisotopic (exact) mass is 234 g/mol. The summed E-state index contributed by atoms with van der Waals surface area (Å²) < 4.78 is 0. The molecule has 1 aromatic heterocycles. The van der Waals surface area contributed by atoms with Crippen LogP contribution in [0.1, 0.15) is 37.1 Å². The Bertz CT molecular complexity index is 374. The van der Waals surface area contributed by atoms with Gasteiger partial charge in [0.15, 0.2) is 0 Å². The Labute approximate surface area is 103 Å². The van der Waals surface area contributed by atoms with E-state index >= 15 is 0 Å². The molecule has 0 aliphatic heterocycles. The smallest absolute Gasteiger partial charge is 0.147 e. The molecule has 0 amide bonds. The number of hydrogen-bond donors (Lipinski definition) is 1. The van der Waals surface area contributed by atoms with E-state index < -0.39 is 0 Å². The lowest BCUT2D eigenvalue weighted by atomic mass is 9.91. The zero-order valence-electron chi connectivity index (χ0n) is 10.8. The molecule has 4 heteroatoms. The Balaban J connectivity index is 2.15. The maximum absolute atomic E-state index is 5.61. The quantitative estimate of drug-likeness (QED) is 0.844. The predicted molar refractivity (Wildman–Crippen MR) is 70.2 cm³/mol. The van der Waals surface area contributed by atoms with Gasteiger partial charge in [-0.2, -0.15) is 0 Å². The van der Waals surface area contributed by atoms with Crippen LogP contribution in [0.25, 0.3) is 0 Å². The topological polar surface area (TPSA) is 55.0 Å². The molecule has 1 aliphatic carbocycles. The zero-order chi connectivity index (χ0) is 12.3. The van der Waals surface area contributed by atoms with Crippen molar-refractivity contribution in [1.82, 2.24) is 9.97 Å². The van der Waals surface area contributed by atoms with Crippen molar-refractivity contribution in [3.8, 4) is 0 Å².